The average Bonchev–Trinajstić information content (AvgIpc) is 2.27. The molecule has 0 spiro atoms. The molecular formula is C13H17F3N2O. The molecule has 3 N–H and O–H groups in total. The van der Waals surface area contributed by atoms with Gasteiger partial charge >= 0.3 is 6.18 Å². The fraction of sp³-hybridized carbons (Fsp3) is 0.462. The summed E-state index contributed by atoms with van der Waals surface area (Å²) in [5.41, 5.74) is 3.81. The predicted molar refractivity (Wildman–Crippen MR) is 66.4 cm³/mol. The number of aryl methyl sites for hydroxylation is 1. The number of hydrogen-bond donors (Lipinski definition) is 2. The first-order valence-electron chi connectivity index (χ1n) is 5.79. The van der Waals surface area contributed by atoms with Gasteiger partial charge in [0.15, 0.2) is 5.54 Å². The van der Waals surface area contributed by atoms with Gasteiger partial charge in [0.25, 0.3) is 0 Å². The zero-order valence-electron chi connectivity index (χ0n) is 11.0. The third kappa shape index (κ3) is 3.26. The van der Waals surface area contributed by atoms with Crippen LogP contribution in [0.1, 0.15) is 31.0 Å². The van der Waals surface area contributed by atoms with Gasteiger partial charge in [-0.05, 0) is 31.9 Å². The molecule has 1 aromatic rings. The Morgan fingerprint density at radius 1 is 1.32 bits per heavy atom. The Kier molecular flexibility index (Phi) is 4.25. The molecule has 0 heterocycles. The Labute approximate surface area is 110 Å². The van der Waals surface area contributed by atoms with Gasteiger partial charge in [-0.1, -0.05) is 24.3 Å². The summed E-state index contributed by atoms with van der Waals surface area (Å²) in [6.07, 6.45) is -4.79. The molecule has 6 heteroatoms. The maximum absolute atomic E-state index is 12.6. The van der Waals surface area contributed by atoms with Crippen LogP contribution in [0.3, 0.4) is 0 Å². The van der Waals surface area contributed by atoms with Crippen LogP contribution in [0.25, 0.3) is 0 Å². The lowest BCUT2D eigenvalue weighted by Gasteiger charge is -2.28. The van der Waals surface area contributed by atoms with E-state index in [1.165, 1.54) is 0 Å². The van der Waals surface area contributed by atoms with Crippen molar-refractivity contribution in [3.8, 4) is 0 Å². The number of carbonyl (C=O) groups is 1. The minimum absolute atomic E-state index is 0.543. The van der Waals surface area contributed by atoms with Crippen molar-refractivity contribution >= 4 is 5.91 Å². The molecule has 106 valence electrons. The smallest absolute Gasteiger partial charge is 0.348 e. The van der Waals surface area contributed by atoms with E-state index in [0.29, 0.717) is 6.92 Å². The third-order valence-corrected chi connectivity index (χ3v) is 3.06. The van der Waals surface area contributed by atoms with E-state index >= 15 is 0 Å². The molecule has 0 saturated heterocycles. The van der Waals surface area contributed by atoms with Crippen LogP contribution in [0.4, 0.5) is 13.2 Å². The number of nitrogens with two attached hydrogens (primary N) is 1. The molecule has 3 nitrogen and oxygen atoms in total. The Morgan fingerprint density at radius 3 is 2.32 bits per heavy atom. The van der Waals surface area contributed by atoms with Gasteiger partial charge < -0.3 is 11.1 Å². The SMILES string of the molecule is Cc1ccccc1[C@H](C)NC(=O)C(C)(N)C(F)(F)F. The zero-order chi connectivity index (χ0) is 14.8. The lowest BCUT2D eigenvalue weighted by atomic mass is 9.99. The topological polar surface area (TPSA) is 55.1 Å². The molecule has 1 unspecified atom stereocenters. The van der Waals surface area contributed by atoms with Crippen LogP contribution in [-0.4, -0.2) is 17.6 Å². The molecule has 0 aliphatic rings. The van der Waals surface area contributed by atoms with E-state index in [1.807, 2.05) is 19.1 Å². The summed E-state index contributed by atoms with van der Waals surface area (Å²) < 4.78 is 37.9. The molecule has 0 saturated carbocycles. The van der Waals surface area contributed by atoms with Crippen LogP contribution in [0, 0.1) is 6.92 Å². The van der Waals surface area contributed by atoms with Gasteiger partial charge in [-0.2, -0.15) is 13.2 Å². The highest BCUT2D eigenvalue weighted by molar-refractivity contribution is 5.87. The number of alkyl halides is 3. The number of benzene rings is 1. The first kappa shape index (κ1) is 15.5. The maximum atomic E-state index is 12.6. The monoisotopic (exact) mass is 274 g/mol. The zero-order valence-corrected chi connectivity index (χ0v) is 11.0. The third-order valence-electron chi connectivity index (χ3n) is 3.06. The maximum Gasteiger partial charge on any atom is 0.415 e. The molecule has 0 radical (unpaired) electrons. The van der Waals surface area contributed by atoms with Crippen LogP contribution in [0.15, 0.2) is 24.3 Å². The lowest BCUT2D eigenvalue weighted by molar-refractivity contribution is -0.187. The summed E-state index contributed by atoms with van der Waals surface area (Å²) in [7, 11) is 0. The predicted octanol–water partition coefficient (Wildman–Crippen LogP) is 2.45. The number of hydrogen-bond acceptors (Lipinski definition) is 2. The molecule has 0 bridgehead atoms. The van der Waals surface area contributed by atoms with Crippen molar-refractivity contribution in [2.45, 2.75) is 38.5 Å². The molecule has 0 aromatic heterocycles. The van der Waals surface area contributed by atoms with Gasteiger partial charge in [-0.25, -0.2) is 0 Å². The first-order valence-corrected chi connectivity index (χ1v) is 5.79. The van der Waals surface area contributed by atoms with Crippen LogP contribution in [0.5, 0.6) is 0 Å². The van der Waals surface area contributed by atoms with E-state index in [2.05, 4.69) is 5.32 Å². The van der Waals surface area contributed by atoms with Crippen LogP contribution < -0.4 is 11.1 Å². The Morgan fingerprint density at radius 2 is 1.84 bits per heavy atom. The molecule has 1 amide bonds. The second kappa shape index (κ2) is 5.21. The molecule has 19 heavy (non-hydrogen) atoms. The molecule has 0 aliphatic heterocycles. The van der Waals surface area contributed by atoms with E-state index in [1.54, 1.807) is 19.1 Å². The first-order chi connectivity index (χ1) is 8.57. The van der Waals surface area contributed by atoms with E-state index in [9.17, 15) is 18.0 Å². The largest absolute Gasteiger partial charge is 0.415 e. The van der Waals surface area contributed by atoms with Gasteiger partial charge in [0.05, 0.1) is 6.04 Å². The van der Waals surface area contributed by atoms with Crippen molar-refractivity contribution < 1.29 is 18.0 Å². The number of amides is 1. The number of nitrogens with one attached hydrogen (secondary N) is 1. The molecule has 0 fully saturated rings. The van der Waals surface area contributed by atoms with Gasteiger partial charge in [-0.15, -0.1) is 0 Å². The van der Waals surface area contributed by atoms with E-state index in [0.717, 1.165) is 11.1 Å². The van der Waals surface area contributed by atoms with Gasteiger partial charge in [0, 0.05) is 0 Å². The number of carbonyl (C=O) groups excluding carboxylic acids is 1. The van der Waals surface area contributed by atoms with Crippen molar-refractivity contribution in [2.24, 2.45) is 5.73 Å². The van der Waals surface area contributed by atoms with Crippen LogP contribution in [0.2, 0.25) is 0 Å². The summed E-state index contributed by atoms with van der Waals surface area (Å²) >= 11 is 0. The van der Waals surface area contributed by atoms with Gasteiger partial charge in [0.1, 0.15) is 0 Å². The Balaban J connectivity index is 2.87. The van der Waals surface area contributed by atoms with Crippen LogP contribution >= 0.6 is 0 Å². The van der Waals surface area contributed by atoms with Crippen LogP contribution in [-0.2, 0) is 4.79 Å². The van der Waals surface area contributed by atoms with E-state index in [4.69, 9.17) is 5.73 Å². The van der Waals surface area contributed by atoms with Crippen molar-refractivity contribution in [3.63, 3.8) is 0 Å². The fourth-order valence-corrected chi connectivity index (χ4v) is 1.63. The second-order valence-electron chi connectivity index (χ2n) is 4.75. The van der Waals surface area contributed by atoms with Crippen molar-refractivity contribution in [1.82, 2.24) is 5.32 Å². The van der Waals surface area contributed by atoms with Gasteiger partial charge in [-0.3, -0.25) is 4.79 Å². The number of rotatable bonds is 3. The standard InChI is InChI=1S/C13H17F3N2O/c1-8-6-4-5-7-10(8)9(2)18-11(19)12(3,17)13(14,15)16/h4-7,9H,17H2,1-3H3,(H,18,19)/t9-,12?/m0/s1. The second-order valence-corrected chi connectivity index (χ2v) is 4.75. The molecular weight excluding hydrogens is 257 g/mol. The summed E-state index contributed by atoms with van der Waals surface area (Å²) in [6, 6.07) is 6.61. The lowest BCUT2D eigenvalue weighted by Crippen LogP contribution is -2.61. The minimum atomic E-state index is -4.79. The van der Waals surface area contributed by atoms with Crippen molar-refractivity contribution in [3.05, 3.63) is 35.4 Å². The fourth-order valence-electron chi connectivity index (χ4n) is 1.63. The molecule has 0 aliphatic carbocycles. The highest BCUT2D eigenvalue weighted by atomic mass is 19.4. The molecule has 2 atom stereocenters. The molecule has 1 rings (SSSR count). The summed E-state index contributed by atoms with van der Waals surface area (Å²) in [5, 5.41) is 2.30. The van der Waals surface area contributed by atoms with Crippen molar-refractivity contribution in [1.29, 1.82) is 0 Å². The van der Waals surface area contributed by atoms with E-state index < -0.39 is 23.7 Å². The van der Waals surface area contributed by atoms with Crippen molar-refractivity contribution in [2.75, 3.05) is 0 Å². The normalized spacial score (nSPS) is 16.6. The summed E-state index contributed by atoms with van der Waals surface area (Å²) in [4.78, 5) is 11.7. The summed E-state index contributed by atoms with van der Waals surface area (Å²) in [6.45, 7) is 4.10. The minimum Gasteiger partial charge on any atom is -0.348 e. The average molecular weight is 274 g/mol. The Hall–Kier alpha value is -1.56. The number of halogens is 3. The quantitative estimate of drug-likeness (QED) is 0.889. The molecule has 1 aromatic carbocycles. The van der Waals surface area contributed by atoms with Gasteiger partial charge in [0.2, 0.25) is 5.91 Å². The Bertz CT molecular complexity index is 469. The summed E-state index contributed by atoms with van der Waals surface area (Å²) in [5.74, 6) is -1.24. The highest BCUT2D eigenvalue weighted by Gasteiger charge is 2.54. The van der Waals surface area contributed by atoms with E-state index in [-0.39, 0.29) is 0 Å². The highest BCUT2D eigenvalue weighted by Crippen LogP contribution is 2.29.